The molecule has 1 atom stereocenters. The summed E-state index contributed by atoms with van der Waals surface area (Å²) in [5.74, 6) is 0.323. The predicted molar refractivity (Wildman–Crippen MR) is 120 cm³/mol. The maximum Gasteiger partial charge on any atom is 0.256 e. The van der Waals surface area contributed by atoms with Crippen LogP contribution in [0.1, 0.15) is 42.2 Å². The number of aromatic nitrogens is 2. The van der Waals surface area contributed by atoms with Crippen LogP contribution < -0.4 is 10.0 Å². The van der Waals surface area contributed by atoms with Gasteiger partial charge in [0.2, 0.25) is 0 Å². The van der Waals surface area contributed by atoms with Crippen molar-refractivity contribution >= 4 is 33.5 Å². The maximum absolute atomic E-state index is 12.5. The standard InChI is InChI=1S/C22H24N4O3S/c1-3-17(2)26-21(13-15-23-26)24-22(27)19-9-11-20(12-10-19)25-30(28,29)16-14-18-7-5-4-6-8-18/h4-17,25H,3H2,1-2H3,(H,24,27)/b16-14+. The summed E-state index contributed by atoms with van der Waals surface area (Å²) in [6, 6.07) is 17.3. The molecule has 2 N–H and O–H groups in total. The molecule has 1 aromatic heterocycles. The molecule has 0 fully saturated rings. The van der Waals surface area contributed by atoms with E-state index in [0.717, 1.165) is 17.4 Å². The Morgan fingerprint density at radius 3 is 2.47 bits per heavy atom. The van der Waals surface area contributed by atoms with E-state index < -0.39 is 10.0 Å². The number of hydrogen-bond donors (Lipinski definition) is 2. The quantitative estimate of drug-likeness (QED) is 0.556. The lowest BCUT2D eigenvalue weighted by Gasteiger charge is -2.14. The molecule has 7 nitrogen and oxygen atoms in total. The molecule has 2 aromatic carbocycles. The number of carbonyl (C=O) groups excluding carboxylic acids is 1. The molecular weight excluding hydrogens is 400 g/mol. The number of carbonyl (C=O) groups is 1. The molecule has 3 aromatic rings. The van der Waals surface area contributed by atoms with Crippen LogP contribution in [0.15, 0.2) is 72.3 Å². The minimum Gasteiger partial charge on any atom is -0.307 e. The van der Waals surface area contributed by atoms with E-state index in [0.29, 0.717) is 17.1 Å². The summed E-state index contributed by atoms with van der Waals surface area (Å²) in [7, 11) is -3.67. The van der Waals surface area contributed by atoms with Gasteiger partial charge in [-0.25, -0.2) is 13.1 Å². The van der Waals surface area contributed by atoms with Crippen molar-refractivity contribution in [1.82, 2.24) is 9.78 Å². The zero-order chi connectivity index (χ0) is 21.6. The summed E-state index contributed by atoms with van der Waals surface area (Å²) < 4.78 is 28.7. The number of hydrogen-bond acceptors (Lipinski definition) is 4. The molecule has 3 rings (SSSR count). The first-order valence-corrected chi connectivity index (χ1v) is 11.1. The number of benzene rings is 2. The third-order valence-electron chi connectivity index (χ3n) is 4.57. The fraction of sp³-hybridized carbons (Fsp3) is 0.182. The second kappa shape index (κ2) is 9.41. The molecule has 0 saturated heterocycles. The second-order valence-electron chi connectivity index (χ2n) is 6.81. The van der Waals surface area contributed by atoms with Crippen molar-refractivity contribution in [3.05, 3.63) is 83.4 Å². The molecule has 0 bridgehead atoms. The van der Waals surface area contributed by atoms with E-state index in [2.05, 4.69) is 15.1 Å². The van der Waals surface area contributed by atoms with Gasteiger partial charge in [-0.05, 0) is 49.2 Å². The Kier molecular flexibility index (Phi) is 6.68. The highest BCUT2D eigenvalue weighted by atomic mass is 32.2. The van der Waals surface area contributed by atoms with Crippen molar-refractivity contribution in [2.45, 2.75) is 26.3 Å². The summed E-state index contributed by atoms with van der Waals surface area (Å²) in [5, 5.41) is 8.20. The molecule has 8 heteroatoms. The van der Waals surface area contributed by atoms with Gasteiger partial charge in [-0.3, -0.25) is 9.52 Å². The van der Waals surface area contributed by atoms with Crippen LogP contribution in [0.4, 0.5) is 11.5 Å². The van der Waals surface area contributed by atoms with E-state index >= 15 is 0 Å². The Morgan fingerprint density at radius 1 is 1.10 bits per heavy atom. The SMILES string of the molecule is CCC(C)n1nccc1NC(=O)c1ccc(NS(=O)(=O)/C=C/c2ccccc2)cc1. The van der Waals surface area contributed by atoms with Gasteiger partial charge >= 0.3 is 0 Å². The fourth-order valence-corrected chi connectivity index (χ4v) is 3.62. The van der Waals surface area contributed by atoms with Gasteiger partial charge in [0, 0.05) is 17.3 Å². The van der Waals surface area contributed by atoms with E-state index in [1.807, 2.05) is 44.2 Å². The van der Waals surface area contributed by atoms with Gasteiger partial charge in [0.25, 0.3) is 15.9 Å². The predicted octanol–water partition coefficient (Wildman–Crippen LogP) is 4.52. The molecule has 156 valence electrons. The van der Waals surface area contributed by atoms with Gasteiger partial charge in [0.1, 0.15) is 5.82 Å². The molecule has 0 aliphatic heterocycles. The number of rotatable bonds is 8. The Morgan fingerprint density at radius 2 is 1.80 bits per heavy atom. The normalized spacial score (nSPS) is 12.6. The van der Waals surface area contributed by atoms with Gasteiger partial charge in [-0.15, -0.1) is 0 Å². The van der Waals surface area contributed by atoms with Crippen LogP contribution >= 0.6 is 0 Å². The Bertz CT molecular complexity index is 1120. The summed E-state index contributed by atoms with van der Waals surface area (Å²) >= 11 is 0. The van der Waals surface area contributed by atoms with Crippen molar-refractivity contribution in [3.63, 3.8) is 0 Å². The summed E-state index contributed by atoms with van der Waals surface area (Å²) in [4.78, 5) is 12.5. The Balaban J connectivity index is 1.65. The van der Waals surface area contributed by atoms with Crippen LogP contribution in [0, 0.1) is 0 Å². The van der Waals surface area contributed by atoms with Crippen LogP contribution in [0.2, 0.25) is 0 Å². The highest BCUT2D eigenvalue weighted by Crippen LogP contribution is 2.18. The van der Waals surface area contributed by atoms with E-state index in [1.54, 1.807) is 41.2 Å². The lowest BCUT2D eigenvalue weighted by molar-refractivity contribution is 0.102. The number of amides is 1. The Labute approximate surface area is 176 Å². The van der Waals surface area contributed by atoms with Gasteiger partial charge in [0.05, 0.1) is 17.6 Å². The Hall–Kier alpha value is -3.39. The van der Waals surface area contributed by atoms with Crippen molar-refractivity contribution in [1.29, 1.82) is 0 Å². The number of nitrogens with one attached hydrogen (secondary N) is 2. The topological polar surface area (TPSA) is 93.1 Å². The largest absolute Gasteiger partial charge is 0.307 e. The van der Waals surface area contributed by atoms with Gasteiger partial charge in [-0.1, -0.05) is 37.3 Å². The maximum atomic E-state index is 12.5. The minimum absolute atomic E-state index is 0.163. The van der Waals surface area contributed by atoms with E-state index in [-0.39, 0.29) is 11.9 Å². The molecule has 0 aliphatic carbocycles. The molecule has 0 radical (unpaired) electrons. The number of sulfonamides is 1. The van der Waals surface area contributed by atoms with Crippen molar-refractivity contribution in [3.8, 4) is 0 Å². The van der Waals surface area contributed by atoms with Crippen LogP contribution in [0.5, 0.6) is 0 Å². The summed E-state index contributed by atoms with van der Waals surface area (Å²) in [6.07, 6.45) is 4.05. The van der Waals surface area contributed by atoms with E-state index in [1.165, 1.54) is 6.08 Å². The van der Waals surface area contributed by atoms with Crippen molar-refractivity contribution in [2.24, 2.45) is 0 Å². The minimum atomic E-state index is -3.67. The third-order valence-corrected chi connectivity index (χ3v) is 5.58. The molecule has 1 amide bonds. The van der Waals surface area contributed by atoms with Crippen LogP contribution in [0.3, 0.4) is 0 Å². The fourth-order valence-electron chi connectivity index (χ4n) is 2.75. The molecule has 0 aliphatic rings. The third kappa shape index (κ3) is 5.57. The zero-order valence-corrected chi connectivity index (χ0v) is 17.6. The second-order valence-corrected chi connectivity index (χ2v) is 8.38. The summed E-state index contributed by atoms with van der Waals surface area (Å²) in [6.45, 7) is 4.07. The first kappa shape index (κ1) is 21.3. The lowest BCUT2D eigenvalue weighted by Crippen LogP contribution is -2.17. The van der Waals surface area contributed by atoms with Gasteiger partial charge in [-0.2, -0.15) is 5.10 Å². The molecule has 1 heterocycles. The highest BCUT2D eigenvalue weighted by molar-refractivity contribution is 7.95. The molecule has 0 spiro atoms. The van der Waals surface area contributed by atoms with Crippen LogP contribution in [0.25, 0.3) is 6.08 Å². The average Bonchev–Trinajstić information content (AvgIpc) is 3.21. The highest BCUT2D eigenvalue weighted by Gasteiger charge is 2.13. The van der Waals surface area contributed by atoms with Crippen LogP contribution in [-0.4, -0.2) is 24.1 Å². The summed E-state index contributed by atoms with van der Waals surface area (Å²) in [5.41, 5.74) is 1.56. The smallest absolute Gasteiger partial charge is 0.256 e. The number of anilines is 2. The van der Waals surface area contributed by atoms with E-state index in [4.69, 9.17) is 0 Å². The molecule has 30 heavy (non-hydrogen) atoms. The molecule has 0 saturated carbocycles. The van der Waals surface area contributed by atoms with Crippen molar-refractivity contribution in [2.75, 3.05) is 10.0 Å². The zero-order valence-electron chi connectivity index (χ0n) is 16.8. The first-order valence-electron chi connectivity index (χ1n) is 9.59. The molecular formula is C22H24N4O3S. The lowest BCUT2D eigenvalue weighted by atomic mass is 10.2. The van der Waals surface area contributed by atoms with Crippen LogP contribution in [-0.2, 0) is 10.0 Å². The first-order chi connectivity index (χ1) is 14.4. The van der Waals surface area contributed by atoms with Gasteiger partial charge < -0.3 is 5.32 Å². The molecule has 1 unspecified atom stereocenters. The van der Waals surface area contributed by atoms with E-state index in [9.17, 15) is 13.2 Å². The average molecular weight is 425 g/mol. The number of nitrogens with zero attached hydrogens (tertiary/aromatic N) is 2. The van der Waals surface area contributed by atoms with Gasteiger partial charge in [0.15, 0.2) is 0 Å². The monoisotopic (exact) mass is 424 g/mol. The van der Waals surface area contributed by atoms with Crippen molar-refractivity contribution < 1.29 is 13.2 Å².